The Morgan fingerprint density at radius 1 is 1.35 bits per heavy atom. The molecule has 1 aromatic heterocycles. The number of carbonyl (C=O) groups excluding carboxylic acids is 1. The molecule has 5 nitrogen and oxygen atoms in total. The van der Waals surface area contributed by atoms with E-state index in [0.29, 0.717) is 11.4 Å². The summed E-state index contributed by atoms with van der Waals surface area (Å²) in [7, 11) is 0. The molecule has 0 aliphatic heterocycles. The number of aromatic nitrogens is 3. The predicted molar refractivity (Wildman–Crippen MR) is 63.4 cm³/mol. The molecule has 2 N–H and O–H groups in total. The Kier molecular flexibility index (Phi) is 3.18. The van der Waals surface area contributed by atoms with Crippen molar-refractivity contribution in [3.8, 4) is 0 Å². The number of rotatable bonds is 3. The molecule has 88 valence electrons. The van der Waals surface area contributed by atoms with E-state index in [4.69, 9.17) is 0 Å². The van der Waals surface area contributed by atoms with Crippen LogP contribution in [-0.2, 0) is 0 Å². The summed E-state index contributed by atoms with van der Waals surface area (Å²) < 4.78 is 0. The van der Waals surface area contributed by atoms with E-state index >= 15 is 0 Å². The molecule has 0 spiro atoms. The third-order valence-corrected chi connectivity index (χ3v) is 2.51. The molecule has 0 aliphatic rings. The van der Waals surface area contributed by atoms with Gasteiger partial charge in [0.2, 0.25) is 0 Å². The molecule has 0 bridgehead atoms. The number of hydrogen-bond donors (Lipinski definition) is 2. The summed E-state index contributed by atoms with van der Waals surface area (Å²) >= 11 is 0. The molecule has 1 heterocycles. The van der Waals surface area contributed by atoms with Gasteiger partial charge in [-0.25, -0.2) is 4.98 Å². The van der Waals surface area contributed by atoms with Gasteiger partial charge < -0.3 is 5.32 Å². The lowest BCUT2D eigenvalue weighted by Crippen LogP contribution is -2.27. The van der Waals surface area contributed by atoms with Crippen LogP contribution in [0.2, 0.25) is 0 Å². The van der Waals surface area contributed by atoms with Crippen LogP contribution in [0.25, 0.3) is 0 Å². The maximum absolute atomic E-state index is 11.9. The van der Waals surface area contributed by atoms with Crippen molar-refractivity contribution < 1.29 is 4.79 Å². The van der Waals surface area contributed by atoms with E-state index in [-0.39, 0.29) is 11.9 Å². The number of aromatic amines is 1. The van der Waals surface area contributed by atoms with E-state index in [0.717, 1.165) is 5.56 Å². The first-order chi connectivity index (χ1) is 8.16. The topological polar surface area (TPSA) is 70.7 Å². The normalized spacial score (nSPS) is 12.1. The third kappa shape index (κ3) is 2.69. The Labute approximate surface area is 99.3 Å². The molecule has 17 heavy (non-hydrogen) atoms. The van der Waals surface area contributed by atoms with Crippen LogP contribution >= 0.6 is 0 Å². The van der Waals surface area contributed by atoms with Crippen LogP contribution < -0.4 is 5.32 Å². The van der Waals surface area contributed by atoms with Crippen LogP contribution in [0.3, 0.4) is 0 Å². The lowest BCUT2D eigenvalue weighted by molar-refractivity contribution is 0.0938. The summed E-state index contributed by atoms with van der Waals surface area (Å²) in [4.78, 5) is 15.9. The minimum Gasteiger partial charge on any atom is -0.342 e. The average molecular weight is 230 g/mol. The zero-order valence-electron chi connectivity index (χ0n) is 9.77. The van der Waals surface area contributed by atoms with Gasteiger partial charge in [0.1, 0.15) is 12.2 Å². The van der Waals surface area contributed by atoms with E-state index in [9.17, 15) is 4.79 Å². The highest BCUT2D eigenvalue weighted by Crippen LogP contribution is 2.08. The second kappa shape index (κ2) is 4.78. The van der Waals surface area contributed by atoms with E-state index in [1.54, 1.807) is 12.1 Å². The number of aryl methyl sites for hydroxylation is 1. The molecule has 1 amide bonds. The molecule has 0 fully saturated rings. The van der Waals surface area contributed by atoms with Crippen molar-refractivity contribution in [2.45, 2.75) is 19.9 Å². The minimum absolute atomic E-state index is 0.117. The molecule has 2 rings (SSSR count). The number of amides is 1. The summed E-state index contributed by atoms with van der Waals surface area (Å²) in [6.45, 7) is 3.84. The Bertz CT molecular complexity index is 490. The van der Waals surface area contributed by atoms with Crippen molar-refractivity contribution in [3.63, 3.8) is 0 Å². The molecule has 1 aromatic carbocycles. The summed E-state index contributed by atoms with van der Waals surface area (Å²) in [6.07, 6.45) is 1.42. The first-order valence-electron chi connectivity index (χ1n) is 5.39. The smallest absolute Gasteiger partial charge is 0.251 e. The van der Waals surface area contributed by atoms with Crippen molar-refractivity contribution in [2.24, 2.45) is 0 Å². The van der Waals surface area contributed by atoms with Gasteiger partial charge in [-0.2, -0.15) is 5.10 Å². The Morgan fingerprint density at radius 2 is 2.06 bits per heavy atom. The first kappa shape index (κ1) is 11.3. The van der Waals surface area contributed by atoms with Gasteiger partial charge in [0, 0.05) is 5.56 Å². The Hall–Kier alpha value is -2.17. The highest BCUT2D eigenvalue weighted by Gasteiger charge is 2.12. The van der Waals surface area contributed by atoms with Crippen molar-refractivity contribution in [1.29, 1.82) is 0 Å². The van der Waals surface area contributed by atoms with E-state index in [1.807, 2.05) is 26.0 Å². The summed E-state index contributed by atoms with van der Waals surface area (Å²) in [6, 6.07) is 7.24. The number of hydrogen-bond acceptors (Lipinski definition) is 3. The molecule has 1 unspecified atom stereocenters. The van der Waals surface area contributed by atoms with Crippen LogP contribution in [0.1, 0.15) is 34.7 Å². The fraction of sp³-hybridized carbons (Fsp3) is 0.250. The van der Waals surface area contributed by atoms with Gasteiger partial charge in [-0.15, -0.1) is 0 Å². The predicted octanol–water partition coefficient (Wildman–Crippen LogP) is 1.60. The minimum atomic E-state index is -0.189. The van der Waals surface area contributed by atoms with Crippen LogP contribution in [0.5, 0.6) is 0 Å². The first-order valence-corrected chi connectivity index (χ1v) is 5.39. The standard InChI is InChI=1S/C12H14N4O/c1-8-3-5-10(6-4-8)12(17)15-9(2)11-13-7-14-16-11/h3-7,9H,1-2H3,(H,15,17)(H,13,14,16). The number of benzene rings is 1. The van der Waals surface area contributed by atoms with Crippen molar-refractivity contribution in [1.82, 2.24) is 20.5 Å². The SMILES string of the molecule is Cc1ccc(C(=O)NC(C)c2ncn[nH]2)cc1. The van der Waals surface area contributed by atoms with Crippen LogP contribution in [-0.4, -0.2) is 21.1 Å². The van der Waals surface area contributed by atoms with Crippen molar-refractivity contribution >= 4 is 5.91 Å². The fourth-order valence-electron chi connectivity index (χ4n) is 1.48. The molecular weight excluding hydrogens is 216 g/mol. The highest BCUT2D eigenvalue weighted by atomic mass is 16.1. The number of nitrogens with zero attached hydrogens (tertiary/aromatic N) is 2. The zero-order chi connectivity index (χ0) is 12.3. The van der Waals surface area contributed by atoms with Crippen molar-refractivity contribution in [3.05, 3.63) is 47.5 Å². The largest absolute Gasteiger partial charge is 0.342 e. The summed E-state index contributed by atoms with van der Waals surface area (Å²) in [5.74, 6) is 0.527. The average Bonchev–Trinajstić information content (AvgIpc) is 2.83. The van der Waals surface area contributed by atoms with Gasteiger partial charge in [0.25, 0.3) is 5.91 Å². The highest BCUT2D eigenvalue weighted by molar-refractivity contribution is 5.94. The Morgan fingerprint density at radius 3 is 2.65 bits per heavy atom. The quantitative estimate of drug-likeness (QED) is 0.841. The molecular formula is C12H14N4O. The molecule has 0 saturated carbocycles. The van der Waals surface area contributed by atoms with Gasteiger partial charge >= 0.3 is 0 Å². The number of H-pyrrole nitrogens is 1. The van der Waals surface area contributed by atoms with Gasteiger partial charge in [-0.3, -0.25) is 9.89 Å². The molecule has 0 radical (unpaired) electrons. The maximum atomic E-state index is 11.9. The maximum Gasteiger partial charge on any atom is 0.251 e. The van der Waals surface area contributed by atoms with Gasteiger partial charge in [0.05, 0.1) is 6.04 Å². The fourth-order valence-corrected chi connectivity index (χ4v) is 1.48. The van der Waals surface area contributed by atoms with Crippen LogP contribution in [0.15, 0.2) is 30.6 Å². The third-order valence-electron chi connectivity index (χ3n) is 2.51. The molecule has 0 saturated heterocycles. The molecule has 2 aromatic rings. The lowest BCUT2D eigenvalue weighted by Gasteiger charge is -2.10. The van der Waals surface area contributed by atoms with Gasteiger partial charge in [-0.05, 0) is 26.0 Å². The second-order valence-corrected chi connectivity index (χ2v) is 3.93. The second-order valence-electron chi connectivity index (χ2n) is 3.93. The molecule has 1 atom stereocenters. The van der Waals surface area contributed by atoms with Crippen LogP contribution in [0, 0.1) is 6.92 Å². The van der Waals surface area contributed by atoms with Gasteiger partial charge in [0.15, 0.2) is 0 Å². The van der Waals surface area contributed by atoms with E-state index in [2.05, 4.69) is 20.5 Å². The van der Waals surface area contributed by atoms with E-state index < -0.39 is 0 Å². The zero-order valence-corrected chi connectivity index (χ0v) is 9.77. The van der Waals surface area contributed by atoms with Crippen LogP contribution in [0.4, 0.5) is 0 Å². The lowest BCUT2D eigenvalue weighted by atomic mass is 10.1. The van der Waals surface area contributed by atoms with E-state index in [1.165, 1.54) is 6.33 Å². The number of carbonyl (C=O) groups is 1. The summed E-state index contributed by atoms with van der Waals surface area (Å²) in [5.41, 5.74) is 1.77. The number of nitrogens with one attached hydrogen (secondary N) is 2. The molecule has 0 aliphatic carbocycles. The molecule has 5 heteroatoms. The monoisotopic (exact) mass is 230 g/mol. The van der Waals surface area contributed by atoms with Gasteiger partial charge in [-0.1, -0.05) is 17.7 Å². The summed E-state index contributed by atoms with van der Waals surface area (Å²) in [5, 5.41) is 9.32. The Balaban J connectivity index is 2.04. The van der Waals surface area contributed by atoms with Crippen molar-refractivity contribution in [2.75, 3.05) is 0 Å².